The molecule has 0 aliphatic rings. The number of Topliss-reactive ketones (excluding diaryl/α,β-unsaturated/α-hetero) is 1. The molecule has 0 saturated carbocycles. The fourth-order valence-corrected chi connectivity index (χ4v) is 2.38. The first-order chi connectivity index (χ1) is 11.6. The van der Waals surface area contributed by atoms with E-state index in [4.69, 9.17) is 10.2 Å². The number of hydrogen-bond acceptors (Lipinski definition) is 6. The molecule has 6 nitrogen and oxygen atoms in total. The smallest absolute Gasteiger partial charge is 0.152 e. The van der Waals surface area contributed by atoms with E-state index in [1.54, 1.807) is 36.7 Å². The van der Waals surface area contributed by atoms with Gasteiger partial charge in [0.2, 0.25) is 0 Å². The standard InChI is InChI=1S/C18H14N4O2/c1-11(23)7-14-5-4-12(10-21-14)15-8-13(9-19)18(20)22-17(15)16-3-2-6-24-16/h2-6,8,10H,7H2,1H3,(H2,20,22). The van der Waals surface area contributed by atoms with Crippen LogP contribution in [-0.4, -0.2) is 15.8 Å². The number of aromatic nitrogens is 2. The van der Waals surface area contributed by atoms with Gasteiger partial charge in [0.05, 0.1) is 11.8 Å². The minimum atomic E-state index is 0.0486. The van der Waals surface area contributed by atoms with Gasteiger partial charge in [0.25, 0.3) is 0 Å². The predicted molar refractivity (Wildman–Crippen MR) is 88.7 cm³/mol. The van der Waals surface area contributed by atoms with Crippen molar-refractivity contribution < 1.29 is 9.21 Å². The van der Waals surface area contributed by atoms with E-state index in [9.17, 15) is 10.1 Å². The van der Waals surface area contributed by atoms with Gasteiger partial charge in [-0.15, -0.1) is 0 Å². The topological polar surface area (TPSA) is 106 Å². The Balaban J connectivity index is 2.12. The van der Waals surface area contributed by atoms with E-state index in [1.165, 1.54) is 6.92 Å². The molecule has 3 heterocycles. The summed E-state index contributed by atoms with van der Waals surface area (Å²) in [7, 11) is 0. The Morgan fingerprint density at radius 3 is 2.79 bits per heavy atom. The summed E-state index contributed by atoms with van der Waals surface area (Å²) in [5.41, 5.74) is 8.80. The first-order valence-corrected chi connectivity index (χ1v) is 7.27. The third-order valence-electron chi connectivity index (χ3n) is 3.49. The molecular weight excluding hydrogens is 304 g/mol. The number of rotatable bonds is 4. The fourth-order valence-electron chi connectivity index (χ4n) is 2.38. The van der Waals surface area contributed by atoms with Gasteiger partial charge in [-0.1, -0.05) is 6.07 Å². The maximum atomic E-state index is 11.2. The number of nitrogens with two attached hydrogens (primary N) is 1. The predicted octanol–water partition coefficient (Wildman–Crippen LogP) is 2.99. The van der Waals surface area contributed by atoms with Crippen LogP contribution < -0.4 is 5.73 Å². The molecule has 2 N–H and O–H groups in total. The van der Waals surface area contributed by atoms with Gasteiger partial charge in [0.15, 0.2) is 5.76 Å². The number of carbonyl (C=O) groups excluding carboxylic acids is 1. The molecule has 6 heteroatoms. The molecule has 0 amide bonds. The van der Waals surface area contributed by atoms with Crippen LogP contribution in [0.4, 0.5) is 5.82 Å². The van der Waals surface area contributed by atoms with Gasteiger partial charge in [-0.25, -0.2) is 4.98 Å². The maximum Gasteiger partial charge on any atom is 0.152 e. The zero-order chi connectivity index (χ0) is 17.1. The summed E-state index contributed by atoms with van der Waals surface area (Å²) in [5, 5.41) is 9.21. The quantitative estimate of drug-likeness (QED) is 0.792. The van der Waals surface area contributed by atoms with E-state index in [0.717, 1.165) is 5.56 Å². The summed E-state index contributed by atoms with van der Waals surface area (Å²) in [6, 6.07) is 10.8. The van der Waals surface area contributed by atoms with Crippen molar-refractivity contribution in [1.29, 1.82) is 5.26 Å². The first-order valence-electron chi connectivity index (χ1n) is 7.27. The van der Waals surface area contributed by atoms with Gasteiger partial charge in [0.1, 0.15) is 23.4 Å². The summed E-state index contributed by atoms with van der Waals surface area (Å²) in [5.74, 6) is 0.746. The molecule has 0 bridgehead atoms. The Bertz CT molecular complexity index is 923. The zero-order valence-corrected chi connectivity index (χ0v) is 13.0. The summed E-state index contributed by atoms with van der Waals surface area (Å²) in [4.78, 5) is 19.8. The van der Waals surface area contributed by atoms with Crippen LogP contribution in [0.25, 0.3) is 22.6 Å². The van der Waals surface area contributed by atoms with Crippen LogP contribution in [0.5, 0.6) is 0 Å². The molecule has 0 atom stereocenters. The highest BCUT2D eigenvalue weighted by Crippen LogP contribution is 2.33. The SMILES string of the molecule is CC(=O)Cc1ccc(-c2cc(C#N)c(N)nc2-c2ccco2)cn1. The molecule has 0 unspecified atom stereocenters. The van der Waals surface area contributed by atoms with Gasteiger partial charge in [-0.2, -0.15) is 5.26 Å². The lowest BCUT2D eigenvalue weighted by atomic mass is 10.0. The number of carbonyl (C=O) groups is 1. The van der Waals surface area contributed by atoms with Crippen molar-refractivity contribution in [3.8, 4) is 28.7 Å². The van der Waals surface area contributed by atoms with Crippen LogP contribution in [0.15, 0.2) is 47.2 Å². The molecule has 3 aromatic rings. The molecule has 0 aliphatic carbocycles. The highest BCUT2D eigenvalue weighted by Gasteiger charge is 2.16. The average Bonchev–Trinajstić information content (AvgIpc) is 3.09. The van der Waals surface area contributed by atoms with Gasteiger partial charge in [-0.3, -0.25) is 9.78 Å². The molecule has 0 aliphatic heterocycles. The summed E-state index contributed by atoms with van der Waals surface area (Å²) in [6.07, 6.45) is 3.48. The maximum absolute atomic E-state index is 11.2. The lowest BCUT2D eigenvalue weighted by molar-refractivity contribution is -0.116. The first kappa shape index (κ1) is 15.4. The summed E-state index contributed by atoms with van der Waals surface area (Å²) >= 11 is 0. The largest absolute Gasteiger partial charge is 0.463 e. The lowest BCUT2D eigenvalue weighted by Crippen LogP contribution is -2.01. The van der Waals surface area contributed by atoms with Crippen molar-refractivity contribution in [2.75, 3.05) is 5.73 Å². The van der Waals surface area contributed by atoms with Gasteiger partial charge in [-0.05, 0) is 31.2 Å². The van der Waals surface area contributed by atoms with E-state index in [-0.39, 0.29) is 23.6 Å². The van der Waals surface area contributed by atoms with Gasteiger partial charge in [0, 0.05) is 29.4 Å². The van der Waals surface area contributed by atoms with Crippen LogP contribution in [0.3, 0.4) is 0 Å². The molecule has 3 rings (SSSR count). The number of ketones is 1. The summed E-state index contributed by atoms with van der Waals surface area (Å²) in [6.45, 7) is 1.52. The van der Waals surface area contributed by atoms with Crippen molar-refractivity contribution >= 4 is 11.6 Å². The van der Waals surface area contributed by atoms with Crippen molar-refractivity contribution in [2.45, 2.75) is 13.3 Å². The Morgan fingerprint density at radius 1 is 1.38 bits per heavy atom. The molecule has 3 aromatic heterocycles. The molecular formula is C18H14N4O2. The van der Waals surface area contributed by atoms with E-state index in [2.05, 4.69) is 9.97 Å². The number of nitrogens with zero attached hydrogens (tertiary/aromatic N) is 3. The Morgan fingerprint density at radius 2 is 2.21 bits per heavy atom. The van der Waals surface area contributed by atoms with Gasteiger partial charge < -0.3 is 10.2 Å². The van der Waals surface area contributed by atoms with Crippen molar-refractivity contribution in [2.24, 2.45) is 0 Å². The fraction of sp³-hybridized carbons (Fsp3) is 0.111. The normalized spacial score (nSPS) is 10.3. The number of hydrogen-bond donors (Lipinski definition) is 1. The Kier molecular flexibility index (Phi) is 4.08. The van der Waals surface area contributed by atoms with E-state index < -0.39 is 0 Å². The molecule has 118 valence electrons. The second kappa shape index (κ2) is 6.34. The minimum Gasteiger partial charge on any atom is -0.463 e. The van der Waals surface area contributed by atoms with Crippen LogP contribution in [0.1, 0.15) is 18.2 Å². The second-order valence-electron chi connectivity index (χ2n) is 5.32. The van der Waals surface area contributed by atoms with Gasteiger partial charge >= 0.3 is 0 Å². The third-order valence-corrected chi connectivity index (χ3v) is 3.49. The highest BCUT2D eigenvalue weighted by atomic mass is 16.3. The van der Waals surface area contributed by atoms with E-state index in [1.807, 2.05) is 12.1 Å². The van der Waals surface area contributed by atoms with Crippen LogP contribution >= 0.6 is 0 Å². The monoisotopic (exact) mass is 318 g/mol. The number of nitrogen functional groups attached to an aromatic ring is 1. The van der Waals surface area contributed by atoms with Crippen LogP contribution in [-0.2, 0) is 11.2 Å². The number of furan rings is 1. The van der Waals surface area contributed by atoms with Crippen LogP contribution in [0.2, 0.25) is 0 Å². The van der Waals surface area contributed by atoms with E-state index >= 15 is 0 Å². The third kappa shape index (κ3) is 3.01. The van der Waals surface area contributed by atoms with Crippen LogP contribution in [0, 0.1) is 11.3 Å². The second-order valence-corrected chi connectivity index (χ2v) is 5.32. The molecule has 0 aromatic carbocycles. The average molecular weight is 318 g/mol. The number of pyridine rings is 2. The molecule has 0 fully saturated rings. The number of nitriles is 1. The van der Waals surface area contributed by atoms with Crippen molar-refractivity contribution in [3.63, 3.8) is 0 Å². The Hall–Kier alpha value is -3.46. The zero-order valence-electron chi connectivity index (χ0n) is 13.0. The number of anilines is 1. The molecule has 0 saturated heterocycles. The highest BCUT2D eigenvalue weighted by molar-refractivity contribution is 5.82. The minimum absolute atomic E-state index is 0.0486. The Labute approximate surface area is 138 Å². The van der Waals surface area contributed by atoms with Crippen molar-refractivity contribution in [1.82, 2.24) is 9.97 Å². The lowest BCUT2D eigenvalue weighted by Gasteiger charge is -2.10. The summed E-state index contributed by atoms with van der Waals surface area (Å²) < 4.78 is 5.42. The molecule has 0 radical (unpaired) electrons. The molecule has 24 heavy (non-hydrogen) atoms. The van der Waals surface area contributed by atoms with Crippen molar-refractivity contribution in [3.05, 3.63) is 54.0 Å². The molecule has 0 spiro atoms. The van der Waals surface area contributed by atoms with E-state index in [0.29, 0.717) is 22.7 Å².